The molecule has 0 N–H and O–H groups in total. The van der Waals surface area contributed by atoms with Gasteiger partial charge < -0.3 is 9.47 Å². The van der Waals surface area contributed by atoms with Crippen molar-refractivity contribution in [3.05, 3.63) is 47.0 Å². The second-order valence-corrected chi connectivity index (χ2v) is 5.75. The van der Waals surface area contributed by atoms with Gasteiger partial charge >= 0.3 is 6.16 Å². The normalized spacial score (nSPS) is 10.9. The topological polar surface area (TPSA) is 78.7 Å². The molecule has 0 unspecified atom stereocenters. The molecule has 1 rings (SSSR count). The number of carbonyl (C=O) groups excluding carboxylic acids is 1. The van der Waals surface area contributed by atoms with Crippen molar-refractivity contribution in [3.63, 3.8) is 0 Å². The Morgan fingerprint density at radius 2 is 1.92 bits per heavy atom. The third-order valence-electron chi connectivity index (χ3n) is 4.40. The molecule has 0 aromatic heterocycles. The van der Waals surface area contributed by atoms with E-state index >= 15 is 0 Å². The van der Waals surface area contributed by atoms with Gasteiger partial charge in [0.2, 0.25) is 0 Å². The maximum absolute atomic E-state index is 11.6. The Bertz CT molecular complexity index is 549. The number of nitro groups is 1. The standard InChI is InChI=1S/C18H25NO5/c1-4-12-18(5-2,6-3)13-7-14-23-17(20)24-16-10-8-15(9-11-16)19(21)22/h4,8-11H,1,5-7,12-14H2,2-3H3. The molecule has 0 atom stereocenters. The maximum atomic E-state index is 11.6. The van der Waals surface area contributed by atoms with Crippen LogP contribution in [-0.4, -0.2) is 17.7 Å². The van der Waals surface area contributed by atoms with Crippen LogP contribution in [0, 0.1) is 15.5 Å². The minimum atomic E-state index is -0.800. The van der Waals surface area contributed by atoms with Gasteiger partial charge in [-0.05, 0) is 36.8 Å². The molecule has 0 aliphatic heterocycles. The number of hydrogen-bond donors (Lipinski definition) is 0. The molecule has 24 heavy (non-hydrogen) atoms. The van der Waals surface area contributed by atoms with E-state index in [4.69, 9.17) is 9.47 Å². The minimum absolute atomic E-state index is 0.0617. The van der Waals surface area contributed by atoms with Crippen molar-refractivity contribution in [2.45, 2.75) is 46.0 Å². The summed E-state index contributed by atoms with van der Waals surface area (Å²) in [5, 5.41) is 10.6. The van der Waals surface area contributed by atoms with Gasteiger partial charge in [-0.1, -0.05) is 32.8 Å². The van der Waals surface area contributed by atoms with E-state index in [1.54, 1.807) is 0 Å². The summed E-state index contributed by atoms with van der Waals surface area (Å²) in [5.41, 5.74) is 0.154. The summed E-state index contributed by atoms with van der Waals surface area (Å²) in [7, 11) is 0. The molecule has 0 saturated carbocycles. The maximum Gasteiger partial charge on any atom is 0.513 e. The number of nitrogens with zero attached hydrogens (tertiary/aromatic N) is 1. The lowest BCUT2D eigenvalue weighted by atomic mass is 9.75. The highest BCUT2D eigenvalue weighted by Crippen LogP contribution is 2.36. The summed E-state index contributed by atoms with van der Waals surface area (Å²) in [4.78, 5) is 21.7. The Morgan fingerprint density at radius 1 is 1.29 bits per heavy atom. The van der Waals surface area contributed by atoms with Gasteiger partial charge in [-0.2, -0.15) is 0 Å². The number of hydrogen-bond acceptors (Lipinski definition) is 5. The number of allylic oxidation sites excluding steroid dienone is 1. The van der Waals surface area contributed by atoms with Crippen molar-refractivity contribution in [2.75, 3.05) is 6.61 Å². The lowest BCUT2D eigenvalue weighted by molar-refractivity contribution is -0.384. The molecule has 0 amide bonds. The van der Waals surface area contributed by atoms with Gasteiger partial charge in [-0.25, -0.2) is 4.79 Å². The molecule has 6 nitrogen and oxygen atoms in total. The minimum Gasteiger partial charge on any atom is -0.434 e. The van der Waals surface area contributed by atoms with E-state index in [1.165, 1.54) is 24.3 Å². The second-order valence-electron chi connectivity index (χ2n) is 5.75. The van der Waals surface area contributed by atoms with Crippen LogP contribution in [-0.2, 0) is 4.74 Å². The second kappa shape index (κ2) is 9.70. The SMILES string of the molecule is C=CCC(CC)(CC)CCCOC(=O)Oc1ccc([N+](=O)[O-])cc1. The summed E-state index contributed by atoms with van der Waals surface area (Å²) in [6.45, 7) is 8.42. The fourth-order valence-corrected chi connectivity index (χ4v) is 2.66. The highest BCUT2D eigenvalue weighted by molar-refractivity contribution is 5.63. The van der Waals surface area contributed by atoms with Crippen molar-refractivity contribution in [2.24, 2.45) is 5.41 Å². The van der Waals surface area contributed by atoms with Crippen LogP contribution < -0.4 is 4.74 Å². The lowest BCUT2D eigenvalue weighted by Gasteiger charge is -2.30. The third kappa shape index (κ3) is 6.02. The van der Waals surface area contributed by atoms with Crippen molar-refractivity contribution >= 4 is 11.8 Å². The van der Waals surface area contributed by atoms with Crippen molar-refractivity contribution in [1.82, 2.24) is 0 Å². The Kier molecular flexibility index (Phi) is 7.95. The number of benzene rings is 1. The van der Waals surface area contributed by atoms with E-state index in [9.17, 15) is 14.9 Å². The molecule has 132 valence electrons. The summed E-state index contributed by atoms with van der Waals surface area (Å²) in [5.74, 6) is 0.216. The molecule has 0 spiro atoms. The number of ether oxygens (including phenoxy) is 2. The van der Waals surface area contributed by atoms with E-state index < -0.39 is 11.1 Å². The highest BCUT2D eigenvalue weighted by atomic mass is 16.7. The van der Waals surface area contributed by atoms with E-state index in [0.29, 0.717) is 0 Å². The molecular weight excluding hydrogens is 310 g/mol. The molecule has 0 heterocycles. The molecule has 6 heteroatoms. The van der Waals surface area contributed by atoms with Gasteiger partial charge in [0.15, 0.2) is 0 Å². The van der Waals surface area contributed by atoms with Gasteiger partial charge in [0.1, 0.15) is 5.75 Å². The first kappa shape index (κ1) is 19.7. The van der Waals surface area contributed by atoms with E-state index in [1.807, 2.05) is 6.08 Å². The average Bonchev–Trinajstić information content (AvgIpc) is 2.58. The first-order chi connectivity index (χ1) is 11.5. The third-order valence-corrected chi connectivity index (χ3v) is 4.40. The first-order valence-corrected chi connectivity index (χ1v) is 8.16. The fourth-order valence-electron chi connectivity index (χ4n) is 2.66. The Balaban J connectivity index is 2.38. The average molecular weight is 335 g/mol. The summed E-state index contributed by atoms with van der Waals surface area (Å²) in [6.07, 6.45) is 5.92. The Labute approximate surface area is 142 Å². The zero-order chi connectivity index (χ0) is 18.0. The smallest absolute Gasteiger partial charge is 0.434 e. The number of nitro benzene ring substituents is 1. The molecule has 0 aliphatic rings. The van der Waals surface area contributed by atoms with E-state index in [-0.39, 0.29) is 23.5 Å². The predicted molar refractivity (Wildman–Crippen MR) is 92.1 cm³/mol. The predicted octanol–water partition coefficient (Wildman–Crippen LogP) is 5.27. The van der Waals surface area contributed by atoms with Crippen LogP contribution >= 0.6 is 0 Å². The van der Waals surface area contributed by atoms with Crippen LogP contribution in [0.2, 0.25) is 0 Å². The van der Waals surface area contributed by atoms with Crippen LogP contribution in [0.25, 0.3) is 0 Å². The van der Waals surface area contributed by atoms with Crippen LogP contribution in [0.5, 0.6) is 5.75 Å². The molecule has 0 fully saturated rings. The zero-order valence-electron chi connectivity index (χ0n) is 14.3. The van der Waals surface area contributed by atoms with Gasteiger partial charge in [0.05, 0.1) is 11.5 Å². The zero-order valence-corrected chi connectivity index (χ0v) is 14.3. The number of carbonyl (C=O) groups is 1. The van der Waals surface area contributed by atoms with Crippen molar-refractivity contribution in [3.8, 4) is 5.75 Å². The van der Waals surface area contributed by atoms with Crippen molar-refractivity contribution in [1.29, 1.82) is 0 Å². The lowest BCUT2D eigenvalue weighted by Crippen LogP contribution is -2.19. The summed E-state index contributed by atoms with van der Waals surface area (Å²) in [6, 6.07) is 5.27. The molecule has 0 aliphatic carbocycles. The Morgan fingerprint density at radius 3 is 2.42 bits per heavy atom. The summed E-state index contributed by atoms with van der Waals surface area (Å²) >= 11 is 0. The monoisotopic (exact) mass is 335 g/mol. The quantitative estimate of drug-likeness (QED) is 0.145. The van der Waals surface area contributed by atoms with Crippen LogP contribution in [0.15, 0.2) is 36.9 Å². The van der Waals surface area contributed by atoms with Crippen LogP contribution in [0.4, 0.5) is 10.5 Å². The van der Waals surface area contributed by atoms with E-state index in [0.717, 1.165) is 32.1 Å². The fraction of sp³-hybridized carbons (Fsp3) is 0.500. The number of non-ortho nitro benzene ring substituents is 1. The van der Waals surface area contributed by atoms with E-state index in [2.05, 4.69) is 20.4 Å². The molecule has 1 aromatic carbocycles. The molecule has 0 radical (unpaired) electrons. The molecule has 0 bridgehead atoms. The highest BCUT2D eigenvalue weighted by Gasteiger charge is 2.24. The molecule has 1 aromatic rings. The summed E-state index contributed by atoms with van der Waals surface area (Å²) < 4.78 is 10.0. The van der Waals surface area contributed by atoms with Gasteiger partial charge in [0.25, 0.3) is 5.69 Å². The Hall–Kier alpha value is -2.37. The van der Waals surface area contributed by atoms with Crippen LogP contribution in [0.3, 0.4) is 0 Å². The van der Waals surface area contributed by atoms with Gasteiger partial charge in [-0.3, -0.25) is 10.1 Å². The first-order valence-electron chi connectivity index (χ1n) is 8.16. The van der Waals surface area contributed by atoms with Gasteiger partial charge in [-0.15, -0.1) is 6.58 Å². The molecule has 0 saturated heterocycles. The van der Waals surface area contributed by atoms with Crippen LogP contribution in [0.1, 0.15) is 46.0 Å². The van der Waals surface area contributed by atoms with Gasteiger partial charge in [0, 0.05) is 12.1 Å². The molecular formula is C18H25NO5. The van der Waals surface area contributed by atoms with Crippen molar-refractivity contribution < 1.29 is 19.2 Å². The number of rotatable bonds is 10. The largest absolute Gasteiger partial charge is 0.513 e.